The Morgan fingerprint density at radius 1 is 1.45 bits per heavy atom. The second-order valence-electron chi connectivity index (χ2n) is 6.43. The van der Waals surface area contributed by atoms with Crippen molar-refractivity contribution in [2.75, 3.05) is 14.2 Å². The summed E-state index contributed by atoms with van der Waals surface area (Å²) in [4.78, 5) is 0. The molecule has 1 aliphatic heterocycles. The summed E-state index contributed by atoms with van der Waals surface area (Å²) in [6.07, 6.45) is 3.28. The zero-order valence-corrected chi connectivity index (χ0v) is 13.3. The van der Waals surface area contributed by atoms with E-state index in [0.717, 1.165) is 24.3 Å². The highest BCUT2D eigenvalue weighted by Gasteiger charge is 2.36. The van der Waals surface area contributed by atoms with Gasteiger partial charge in [0, 0.05) is 24.1 Å². The van der Waals surface area contributed by atoms with Gasteiger partial charge in [0.2, 0.25) is 0 Å². The average molecular weight is 277 g/mol. The Balaban J connectivity index is 2.25. The van der Waals surface area contributed by atoms with E-state index in [9.17, 15) is 0 Å². The number of fused-ring (bicyclic) bond motifs is 1. The van der Waals surface area contributed by atoms with Gasteiger partial charge in [-0.25, -0.2) is 0 Å². The molecule has 0 aromatic heterocycles. The maximum absolute atomic E-state index is 6.32. The normalized spacial score (nSPS) is 25.2. The molecular weight excluding hydrogens is 250 g/mol. The second kappa shape index (κ2) is 6.04. The Bertz CT molecular complexity index is 458. The highest BCUT2D eigenvalue weighted by Crippen LogP contribution is 2.43. The molecule has 0 bridgehead atoms. The minimum Gasteiger partial charge on any atom is -0.497 e. The highest BCUT2D eigenvalue weighted by atomic mass is 16.5. The number of nitrogens with one attached hydrogen (secondary N) is 1. The van der Waals surface area contributed by atoms with E-state index in [2.05, 4.69) is 32.2 Å². The van der Waals surface area contributed by atoms with Gasteiger partial charge in [-0.05, 0) is 38.8 Å². The van der Waals surface area contributed by atoms with E-state index in [4.69, 9.17) is 9.47 Å². The highest BCUT2D eigenvalue weighted by molar-refractivity contribution is 5.44. The predicted octanol–water partition coefficient (Wildman–Crippen LogP) is 3.93. The van der Waals surface area contributed by atoms with Crippen molar-refractivity contribution in [2.24, 2.45) is 5.92 Å². The molecule has 2 rings (SSSR count). The van der Waals surface area contributed by atoms with Crippen molar-refractivity contribution in [1.29, 1.82) is 0 Å². The topological polar surface area (TPSA) is 30.5 Å². The summed E-state index contributed by atoms with van der Waals surface area (Å²) in [5.74, 6) is 2.52. The van der Waals surface area contributed by atoms with Crippen LogP contribution < -0.4 is 14.8 Å². The monoisotopic (exact) mass is 277 g/mol. The molecule has 1 N–H and O–H groups in total. The van der Waals surface area contributed by atoms with E-state index in [1.807, 2.05) is 19.2 Å². The Morgan fingerprint density at radius 3 is 2.80 bits per heavy atom. The number of ether oxygens (including phenoxy) is 2. The predicted molar refractivity (Wildman–Crippen MR) is 82.5 cm³/mol. The molecule has 2 atom stereocenters. The third-order valence-electron chi connectivity index (χ3n) is 4.19. The third-order valence-corrected chi connectivity index (χ3v) is 4.19. The van der Waals surface area contributed by atoms with E-state index >= 15 is 0 Å². The number of hydrogen-bond acceptors (Lipinski definition) is 3. The average Bonchev–Trinajstić information content (AvgIpc) is 2.43. The molecule has 1 aliphatic rings. The molecule has 0 aliphatic carbocycles. The Kier molecular flexibility index (Phi) is 4.59. The first-order chi connectivity index (χ1) is 9.47. The van der Waals surface area contributed by atoms with Crippen molar-refractivity contribution in [3.8, 4) is 11.5 Å². The molecule has 3 nitrogen and oxygen atoms in total. The zero-order valence-electron chi connectivity index (χ0n) is 13.3. The lowest BCUT2D eigenvalue weighted by atomic mass is 9.84. The van der Waals surface area contributed by atoms with Crippen LogP contribution in [0.3, 0.4) is 0 Å². The van der Waals surface area contributed by atoms with Crippen molar-refractivity contribution >= 4 is 0 Å². The van der Waals surface area contributed by atoms with E-state index in [1.165, 1.54) is 12.0 Å². The maximum Gasteiger partial charge on any atom is 0.128 e. The van der Waals surface area contributed by atoms with Crippen LogP contribution in [0, 0.1) is 5.92 Å². The fourth-order valence-electron chi connectivity index (χ4n) is 2.87. The first-order valence-electron chi connectivity index (χ1n) is 7.51. The Labute approximate surface area is 122 Å². The van der Waals surface area contributed by atoms with Crippen LogP contribution >= 0.6 is 0 Å². The van der Waals surface area contributed by atoms with Crippen LogP contribution in [0.5, 0.6) is 11.5 Å². The van der Waals surface area contributed by atoms with Crippen LogP contribution in [0.25, 0.3) is 0 Å². The lowest BCUT2D eigenvalue weighted by Gasteiger charge is -2.40. The smallest absolute Gasteiger partial charge is 0.128 e. The van der Waals surface area contributed by atoms with Gasteiger partial charge in [0.1, 0.15) is 17.1 Å². The number of methoxy groups -OCH3 is 1. The van der Waals surface area contributed by atoms with Crippen LogP contribution in [0.4, 0.5) is 0 Å². The molecule has 0 saturated heterocycles. The van der Waals surface area contributed by atoms with Gasteiger partial charge in [-0.3, -0.25) is 0 Å². The van der Waals surface area contributed by atoms with Crippen molar-refractivity contribution in [3.63, 3.8) is 0 Å². The fourth-order valence-corrected chi connectivity index (χ4v) is 2.87. The molecule has 3 heteroatoms. The molecule has 0 radical (unpaired) electrons. The number of hydrogen-bond donors (Lipinski definition) is 1. The quantitative estimate of drug-likeness (QED) is 0.884. The van der Waals surface area contributed by atoms with Crippen LogP contribution in [0.15, 0.2) is 18.2 Å². The number of rotatable bonds is 5. The van der Waals surface area contributed by atoms with Crippen molar-refractivity contribution in [3.05, 3.63) is 23.8 Å². The summed E-state index contributed by atoms with van der Waals surface area (Å²) in [5.41, 5.74) is 1.13. The molecule has 0 fully saturated rings. The van der Waals surface area contributed by atoms with Gasteiger partial charge in [0.15, 0.2) is 0 Å². The molecule has 1 aromatic carbocycles. The van der Waals surface area contributed by atoms with Crippen LogP contribution in [-0.4, -0.2) is 19.8 Å². The summed E-state index contributed by atoms with van der Waals surface area (Å²) in [5, 5.41) is 3.42. The van der Waals surface area contributed by atoms with Gasteiger partial charge in [0.25, 0.3) is 0 Å². The summed E-state index contributed by atoms with van der Waals surface area (Å²) in [7, 11) is 3.71. The summed E-state index contributed by atoms with van der Waals surface area (Å²) >= 11 is 0. The zero-order chi connectivity index (χ0) is 14.8. The minimum absolute atomic E-state index is 0.0999. The minimum atomic E-state index is -0.0999. The lowest BCUT2D eigenvalue weighted by Crippen LogP contribution is -2.41. The van der Waals surface area contributed by atoms with Crippen molar-refractivity contribution < 1.29 is 9.47 Å². The lowest BCUT2D eigenvalue weighted by molar-refractivity contribution is 0.0357. The van der Waals surface area contributed by atoms with Gasteiger partial charge in [-0.15, -0.1) is 0 Å². The summed E-state index contributed by atoms with van der Waals surface area (Å²) in [6, 6.07) is 6.47. The van der Waals surface area contributed by atoms with Crippen molar-refractivity contribution in [2.45, 2.75) is 51.7 Å². The standard InChI is InChI=1S/C17H27NO2/c1-12(2)8-9-17(3)11-15(18-4)14-7-6-13(19-5)10-16(14)20-17/h6-7,10,12,15,18H,8-9,11H2,1-5H3. The van der Waals surface area contributed by atoms with Crippen molar-refractivity contribution in [1.82, 2.24) is 5.32 Å². The first-order valence-corrected chi connectivity index (χ1v) is 7.51. The molecule has 1 aromatic rings. The molecule has 1 heterocycles. The Morgan fingerprint density at radius 2 is 2.20 bits per heavy atom. The molecular formula is C17H27NO2. The van der Waals surface area contributed by atoms with Gasteiger partial charge < -0.3 is 14.8 Å². The molecule has 0 amide bonds. The summed E-state index contributed by atoms with van der Waals surface area (Å²) < 4.78 is 11.6. The fraction of sp³-hybridized carbons (Fsp3) is 0.647. The molecule has 20 heavy (non-hydrogen) atoms. The van der Waals surface area contributed by atoms with Gasteiger partial charge in [-0.2, -0.15) is 0 Å². The summed E-state index contributed by atoms with van der Waals surface area (Å²) in [6.45, 7) is 6.75. The SMILES string of the molecule is CNC1CC(C)(CCC(C)C)Oc2cc(OC)ccc21. The molecule has 2 unspecified atom stereocenters. The molecule has 0 saturated carbocycles. The van der Waals surface area contributed by atoms with Gasteiger partial charge >= 0.3 is 0 Å². The largest absolute Gasteiger partial charge is 0.497 e. The molecule has 112 valence electrons. The molecule has 0 spiro atoms. The van der Waals surface area contributed by atoms with Crippen LogP contribution in [0.2, 0.25) is 0 Å². The van der Waals surface area contributed by atoms with E-state index in [-0.39, 0.29) is 5.60 Å². The Hall–Kier alpha value is -1.22. The third kappa shape index (κ3) is 3.26. The number of benzene rings is 1. The van der Waals surface area contributed by atoms with E-state index in [0.29, 0.717) is 12.0 Å². The van der Waals surface area contributed by atoms with Crippen LogP contribution in [-0.2, 0) is 0 Å². The maximum atomic E-state index is 6.32. The van der Waals surface area contributed by atoms with E-state index in [1.54, 1.807) is 7.11 Å². The van der Waals surface area contributed by atoms with Gasteiger partial charge in [-0.1, -0.05) is 19.9 Å². The van der Waals surface area contributed by atoms with Gasteiger partial charge in [0.05, 0.1) is 7.11 Å². The van der Waals surface area contributed by atoms with E-state index < -0.39 is 0 Å². The van der Waals surface area contributed by atoms with Crippen LogP contribution in [0.1, 0.15) is 51.6 Å². The second-order valence-corrected chi connectivity index (χ2v) is 6.43. The first kappa shape index (κ1) is 15.2.